The maximum Gasteiger partial charge on any atom is 0.416 e. The van der Waals surface area contributed by atoms with E-state index in [2.05, 4.69) is 0 Å². The molecule has 0 spiro atoms. The van der Waals surface area contributed by atoms with Gasteiger partial charge in [-0.05, 0) is 79.1 Å². The smallest absolute Gasteiger partial charge is 0.416 e. The minimum atomic E-state index is -5.03. The molecule has 3 aromatic carbocycles. The fourth-order valence-electron chi connectivity index (χ4n) is 4.67. The van der Waals surface area contributed by atoms with Crippen molar-refractivity contribution < 1.29 is 54.1 Å². The van der Waals surface area contributed by atoms with Crippen molar-refractivity contribution in [3.05, 3.63) is 94.6 Å². The average Bonchev–Trinajstić information content (AvgIpc) is 2.92. The van der Waals surface area contributed by atoms with Gasteiger partial charge in [0.25, 0.3) is 0 Å². The lowest BCUT2D eigenvalue weighted by Gasteiger charge is -2.39. The number of halogens is 8. The number of benzene rings is 3. The molecule has 1 aliphatic heterocycles. The zero-order valence-electron chi connectivity index (χ0n) is 21.9. The largest absolute Gasteiger partial charge is 0.497 e. The van der Waals surface area contributed by atoms with Crippen LogP contribution in [0.3, 0.4) is 0 Å². The molecule has 0 radical (unpaired) electrons. The third-order valence-corrected chi connectivity index (χ3v) is 6.84. The van der Waals surface area contributed by atoms with Gasteiger partial charge in [-0.3, -0.25) is 0 Å². The van der Waals surface area contributed by atoms with Gasteiger partial charge in [0.2, 0.25) is 0 Å². The molecule has 222 valence electrons. The molecule has 0 bridgehead atoms. The van der Waals surface area contributed by atoms with Crippen molar-refractivity contribution in [1.82, 2.24) is 0 Å². The van der Waals surface area contributed by atoms with Gasteiger partial charge in [-0.2, -0.15) is 26.3 Å². The van der Waals surface area contributed by atoms with E-state index >= 15 is 0 Å². The van der Waals surface area contributed by atoms with Gasteiger partial charge in [0, 0.05) is 11.8 Å². The van der Waals surface area contributed by atoms with E-state index in [1.165, 1.54) is 20.1 Å². The molecular weight excluding hydrogens is 564 g/mol. The Kier molecular flexibility index (Phi) is 9.13. The normalized spacial score (nSPS) is 20.5. The van der Waals surface area contributed by atoms with E-state index in [-0.39, 0.29) is 30.4 Å². The molecule has 0 unspecified atom stereocenters. The van der Waals surface area contributed by atoms with E-state index in [9.17, 15) is 35.1 Å². The number of hydrogen-bond acceptors (Lipinski definition) is 4. The molecule has 0 aromatic heterocycles. The Hall–Kier alpha value is -3.38. The molecule has 3 aromatic rings. The van der Waals surface area contributed by atoms with Crippen LogP contribution in [0.4, 0.5) is 35.1 Å². The summed E-state index contributed by atoms with van der Waals surface area (Å²) in [5, 5.41) is 0. The van der Waals surface area contributed by atoms with Crippen LogP contribution in [0.25, 0.3) is 0 Å². The molecule has 4 rings (SSSR count). The summed E-state index contributed by atoms with van der Waals surface area (Å²) in [5.41, 5.74) is -3.07. The van der Waals surface area contributed by atoms with Crippen molar-refractivity contribution in [2.45, 2.75) is 44.0 Å². The maximum atomic E-state index is 14.2. The average molecular weight is 591 g/mol. The first kappa shape index (κ1) is 30.6. The Morgan fingerprint density at radius 2 is 1.44 bits per heavy atom. The first-order valence-electron chi connectivity index (χ1n) is 12.5. The van der Waals surface area contributed by atoms with Crippen LogP contribution in [0, 0.1) is 17.6 Å². The summed E-state index contributed by atoms with van der Waals surface area (Å²) in [6, 6.07) is 11.1. The van der Waals surface area contributed by atoms with Gasteiger partial charge >= 0.3 is 12.4 Å². The Balaban J connectivity index is 1.63. The number of methoxy groups -OCH3 is 1. The number of ether oxygens (including phenoxy) is 4. The highest BCUT2D eigenvalue weighted by Gasteiger charge is 2.40. The van der Waals surface area contributed by atoms with Crippen LogP contribution in [-0.4, -0.2) is 26.6 Å². The van der Waals surface area contributed by atoms with Crippen molar-refractivity contribution >= 4 is 0 Å². The molecular formula is C29H26F8O4. The minimum absolute atomic E-state index is 0.0317. The van der Waals surface area contributed by atoms with Gasteiger partial charge < -0.3 is 18.9 Å². The molecule has 4 atom stereocenters. The highest BCUT2D eigenvalue weighted by molar-refractivity contribution is 5.35. The predicted molar refractivity (Wildman–Crippen MR) is 131 cm³/mol. The summed E-state index contributed by atoms with van der Waals surface area (Å²) in [4.78, 5) is 0. The lowest BCUT2D eigenvalue weighted by molar-refractivity contribution is -0.211. The van der Waals surface area contributed by atoms with Crippen molar-refractivity contribution in [2.24, 2.45) is 5.92 Å². The first-order chi connectivity index (χ1) is 19.3. The second kappa shape index (κ2) is 12.2. The lowest BCUT2D eigenvalue weighted by Crippen LogP contribution is -2.39. The van der Waals surface area contributed by atoms with Crippen LogP contribution < -0.4 is 9.47 Å². The molecule has 41 heavy (non-hydrogen) atoms. The predicted octanol–water partition coefficient (Wildman–Crippen LogP) is 8.31. The van der Waals surface area contributed by atoms with Crippen molar-refractivity contribution in [2.75, 3.05) is 20.3 Å². The Morgan fingerprint density at radius 3 is 2.00 bits per heavy atom. The topological polar surface area (TPSA) is 36.9 Å². The fourth-order valence-corrected chi connectivity index (χ4v) is 4.67. The summed E-state index contributed by atoms with van der Waals surface area (Å²) >= 11 is 0. The first-order valence-corrected chi connectivity index (χ1v) is 12.5. The summed E-state index contributed by atoms with van der Waals surface area (Å²) < 4.78 is 131. The van der Waals surface area contributed by atoms with Gasteiger partial charge in [-0.15, -0.1) is 0 Å². The standard InChI is InChI=1S/C29H26F8O4/c1-16(19-11-20(28(32,33)34)14-21(12-19)29(35,36)37)41-27-26(17-3-8-24(30)25(31)13-17)18(9-10-39-27)15-40-23-6-4-22(38-2)5-7-23/h3-8,11-14,16,18,26-27H,9-10,15H2,1-2H3/t16-,18+,26+,27+/m1/s1. The quantitative estimate of drug-likeness (QED) is 0.247. The summed E-state index contributed by atoms with van der Waals surface area (Å²) in [5.74, 6) is -2.33. The summed E-state index contributed by atoms with van der Waals surface area (Å²) in [6.45, 7) is 1.48. The number of hydrogen-bond donors (Lipinski definition) is 0. The molecule has 1 saturated heterocycles. The number of rotatable bonds is 8. The monoisotopic (exact) mass is 590 g/mol. The van der Waals surface area contributed by atoms with Crippen LogP contribution >= 0.6 is 0 Å². The van der Waals surface area contributed by atoms with Crippen LogP contribution in [0.1, 0.15) is 47.6 Å². The molecule has 0 N–H and O–H groups in total. The SMILES string of the molecule is COc1ccc(OC[C@@H]2CCO[C@@H](O[C@H](C)c3cc(C(F)(F)F)cc(C(F)(F)F)c3)[C@H]2c2ccc(F)c(F)c2)cc1. The van der Waals surface area contributed by atoms with Crippen LogP contribution in [-0.2, 0) is 21.8 Å². The third-order valence-electron chi connectivity index (χ3n) is 6.84. The van der Waals surface area contributed by atoms with E-state index in [0.29, 0.717) is 30.1 Å². The van der Waals surface area contributed by atoms with Crippen molar-refractivity contribution in [3.8, 4) is 11.5 Å². The Labute approximate surface area is 230 Å². The molecule has 0 amide bonds. The third kappa shape index (κ3) is 7.48. The van der Waals surface area contributed by atoms with Gasteiger partial charge in [-0.25, -0.2) is 8.78 Å². The number of alkyl halides is 6. The maximum absolute atomic E-state index is 14.2. The van der Waals surface area contributed by atoms with Gasteiger partial charge in [0.05, 0.1) is 37.6 Å². The summed E-state index contributed by atoms with van der Waals surface area (Å²) in [6.07, 6.45) is -12.2. The molecule has 4 nitrogen and oxygen atoms in total. The lowest BCUT2D eigenvalue weighted by atomic mass is 9.82. The van der Waals surface area contributed by atoms with E-state index < -0.39 is 59.3 Å². The van der Waals surface area contributed by atoms with E-state index in [1.807, 2.05) is 0 Å². The van der Waals surface area contributed by atoms with Crippen molar-refractivity contribution in [1.29, 1.82) is 0 Å². The fraction of sp³-hybridized carbons (Fsp3) is 0.379. The molecule has 0 aliphatic carbocycles. The van der Waals surface area contributed by atoms with E-state index in [0.717, 1.165) is 12.1 Å². The second-order valence-corrected chi connectivity index (χ2v) is 9.59. The van der Waals surface area contributed by atoms with E-state index in [4.69, 9.17) is 18.9 Å². The van der Waals surface area contributed by atoms with Crippen molar-refractivity contribution in [3.63, 3.8) is 0 Å². The molecule has 0 saturated carbocycles. The van der Waals surface area contributed by atoms with Crippen LogP contribution in [0.2, 0.25) is 0 Å². The molecule has 12 heteroatoms. The Morgan fingerprint density at radius 1 is 0.829 bits per heavy atom. The zero-order valence-corrected chi connectivity index (χ0v) is 21.9. The minimum Gasteiger partial charge on any atom is -0.497 e. The molecule has 1 heterocycles. The van der Waals surface area contributed by atoms with Crippen LogP contribution in [0.5, 0.6) is 11.5 Å². The van der Waals surface area contributed by atoms with Gasteiger partial charge in [0.15, 0.2) is 17.9 Å². The highest BCUT2D eigenvalue weighted by atomic mass is 19.4. The van der Waals surface area contributed by atoms with Crippen LogP contribution in [0.15, 0.2) is 60.7 Å². The zero-order chi connectivity index (χ0) is 29.9. The highest BCUT2D eigenvalue weighted by Crippen LogP contribution is 2.42. The second-order valence-electron chi connectivity index (χ2n) is 9.59. The molecule has 1 aliphatic rings. The van der Waals surface area contributed by atoms with Gasteiger partial charge in [-0.1, -0.05) is 6.07 Å². The Bertz CT molecular complexity index is 1290. The van der Waals surface area contributed by atoms with E-state index in [1.54, 1.807) is 24.3 Å². The summed E-state index contributed by atoms with van der Waals surface area (Å²) in [7, 11) is 1.51. The molecule has 1 fully saturated rings. The van der Waals surface area contributed by atoms with Gasteiger partial charge in [0.1, 0.15) is 11.5 Å².